The minimum Gasteiger partial charge on any atom is -0.389 e. The lowest BCUT2D eigenvalue weighted by Crippen LogP contribution is -2.25. The summed E-state index contributed by atoms with van der Waals surface area (Å²) in [6.45, 7) is 1.71. The summed E-state index contributed by atoms with van der Waals surface area (Å²) < 4.78 is 0. The molecule has 0 radical (unpaired) electrons. The van der Waals surface area contributed by atoms with Crippen LogP contribution >= 0.6 is 0 Å². The number of hydrogen-bond acceptors (Lipinski definition) is 2. The highest BCUT2D eigenvalue weighted by molar-refractivity contribution is 5.93. The van der Waals surface area contributed by atoms with Crippen LogP contribution in [0, 0.1) is 5.92 Å². The lowest BCUT2D eigenvalue weighted by molar-refractivity contribution is -0.120. The van der Waals surface area contributed by atoms with Crippen LogP contribution in [0.4, 0.5) is 5.69 Å². The Morgan fingerprint density at radius 1 is 1.28 bits per heavy atom. The van der Waals surface area contributed by atoms with Gasteiger partial charge in [-0.3, -0.25) is 4.79 Å². The quantitative estimate of drug-likeness (QED) is 0.861. The molecule has 1 amide bonds. The first kappa shape index (κ1) is 13.1. The maximum absolute atomic E-state index is 12.1. The Bertz CT molecular complexity index is 409. The lowest BCUT2D eigenvalue weighted by Gasteiger charge is -2.22. The van der Waals surface area contributed by atoms with Crippen molar-refractivity contribution >= 4 is 11.6 Å². The fourth-order valence-electron chi connectivity index (χ4n) is 2.57. The fraction of sp³-hybridized carbons (Fsp3) is 0.533. The first-order valence-electron chi connectivity index (χ1n) is 6.76. The van der Waals surface area contributed by atoms with Crippen molar-refractivity contribution in [2.24, 2.45) is 5.92 Å². The Labute approximate surface area is 108 Å². The van der Waals surface area contributed by atoms with E-state index < -0.39 is 6.10 Å². The van der Waals surface area contributed by atoms with Gasteiger partial charge in [0.25, 0.3) is 0 Å². The van der Waals surface area contributed by atoms with Gasteiger partial charge in [0.2, 0.25) is 5.91 Å². The van der Waals surface area contributed by atoms with E-state index in [0.717, 1.165) is 36.9 Å². The van der Waals surface area contributed by atoms with Crippen LogP contribution in [-0.4, -0.2) is 11.0 Å². The predicted octanol–water partition coefficient (Wildman–Crippen LogP) is 3.26. The average Bonchev–Trinajstić information content (AvgIpc) is 2.40. The molecule has 1 saturated carbocycles. The lowest BCUT2D eigenvalue weighted by atomic mass is 9.88. The fourth-order valence-corrected chi connectivity index (χ4v) is 2.57. The van der Waals surface area contributed by atoms with E-state index in [4.69, 9.17) is 0 Å². The maximum Gasteiger partial charge on any atom is 0.227 e. The third kappa shape index (κ3) is 3.10. The molecule has 1 fully saturated rings. The molecule has 1 atom stereocenters. The number of carbonyl (C=O) groups is 1. The summed E-state index contributed by atoms with van der Waals surface area (Å²) in [5.74, 6) is 0.239. The Kier molecular flexibility index (Phi) is 4.37. The van der Waals surface area contributed by atoms with E-state index in [1.807, 2.05) is 24.3 Å². The number of para-hydroxylation sites is 1. The molecule has 2 N–H and O–H groups in total. The van der Waals surface area contributed by atoms with E-state index in [-0.39, 0.29) is 11.8 Å². The van der Waals surface area contributed by atoms with E-state index in [9.17, 15) is 9.90 Å². The molecule has 0 aromatic heterocycles. The van der Waals surface area contributed by atoms with Gasteiger partial charge in [0.1, 0.15) is 0 Å². The van der Waals surface area contributed by atoms with E-state index >= 15 is 0 Å². The van der Waals surface area contributed by atoms with Gasteiger partial charge < -0.3 is 10.4 Å². The van der Waals surface area contributed by atoms with Crippen LogP contribution in [0.2, 0.25) is 0 Å². The van der Waals surface area contributed by atoms with Gasteiger partial charge in [0.15, 0.2) is 0 Å². The zero-order valence-corrected chi connectivity index (χ0v) is 10.9. The third-order valence-electron chi connectivity index (χ3n) is 3.64. The maximum atomic E-state index is 12.1. The topological polar surface area (TPSA) is 49.3 Å². The van der Waals surface area contributed by atoms with Crippen molar-refractivity contribution in [3.63, 3.8) is 0 Å². The van der Waals surface area contributed by atoms with E-state index in [1.165, 1.54) is 6.42 Å². The monoisotopic (exact) mass is 247 g/mol. The highest BCUT2D eigenvalue weighted by Gasteiger charge is 2.21. The second kappa shape index (κ2) is 6.01. The first-order chi connectivity index (χ1) is 8.68. The summed E-state index contributed by atoms with van der Waals surface area (Å²) >= 11 is 0. The van der Waals surface area contributed by atoms with Gasteiger partial charge in [-0.1, -0.05) is 37.5 Å². The highest BCUT2D eigenvalue weighted by atomic mass is 16.3. The van der Waals surface area contributed by atoms with Crippen LogP contribution in [0.5, 0.6) is 0 Å². The van der Waals surface area contributed by atoms with Gasteiger partial charge in [-0.2, -0.15) is 0 Å². The molecule has 0 aliphatic heterocycles. The summed E-state index contributed by atoms with van der Waals surface area (Å²) in [6, 6.07) is 7.45. The van der Waals surface area contributed by atoms with Gasteiger partial charge in [-0.05, 0) is 25.8 Å². The summed E-state index contributed by atoms with van der Waals surface area (Å²) in [6.07, 6.45) is 4.96. The smallest absolute Gasteiger partial charge is 0.227 e. The number of anilines is 1. The number of rotatable bonds is 3. The summed E-state index contributed by atoms with van der Waals surface area (Å²) in [5, 5.41) is 12.6. The molecule has 1 aromatic rings. The van der Waals surface area contributed by atoms with Crippen LogP contribution in [0.1, 0.15) is 50.7 Å². The van der Waals surface area contributed by atoms with E-state index in [1.54, 1.807) is 6.92 Å². The Balaban J connectivity index is 2.06. The Morgan fingerprint density at radius 2 is 1.94 bits per heavy atom. The molecule has 98 valence electrons. The normalized spacial score (nSPS) is 18.3. The van der Waals surface area contributed by atoms with Crippen molar-refractivity contribution < 1.29 is 9.90 Å². The number of nitrogens with one attached hydrogen (secondary N) is 1. The van der Waals surface area contributed by atoms with Crippen molar-refractivity contribution in [3.05, 3.63) is 29.8 Å². The van der Waals surface area contributed by atoms with E-state index in [2.05, 4.69) is 5.32 Å². The SMILES string of the molecule is CC(O)c1ccccc1NC(=O)C1CCCCC1. The van der Waals surface area contributed by atoms with Crippen LogP contribution in [0.25, 0.3) is 0 Å². The van der Waals surface area contributed by atoms with Gasteiger partial charge in [0, 0.05) is 17.2 Å². The molecule has 1 aliphatic rings. The van der Waals surface area contributed by atoms with Crippen molar-refractivity contribution in [2.45, 2.75) is 45.1 Å². The van der Waals surface area contributed by atoms with Crippen LogP contribution < -0.4 is 5.32 Å². The van der Waals surface area contributed by atoms with E-state index in [0.29, 0.717) is 0 Å². The summed E-state index contributed by atoms with van der Waals surface area (Å²) in [4.78, 5) is 12.1. The molecule has 2 rings (SSSR count). The number of amides is 1. The summed E-state index contributed by atoms with van der Waals surface area (Å²) in [7, 11) is 0. The van der Waals surface area contributed by atoms with Gasteiger partial charge >= 0.3 is 0 Å². The van der Waals surface area contributed by atoms with Crippen molar-refractivity contribution in [2.75, 3.05) is 5.32 Å². The zero-order chi connectivity index (χ0) is 13.0. The molecule has 1 aliphatic carbocycles. The van der Waals surface area contributed by atoms with Crippen LogP contribution in [-0.2, 0) is 4.79 Å². The molecule has 0 bridgehead atoms. The van der Waals surface area contributed by atoms with Gasteiger partial charge in [0.05, 0.1) is 6.10 Å². The number of aliphatic hydroxyl groups excluding tert-OH is 1. The standard InChI is InChI=1S/C15H21NO2/c1-11(17)13-9-5-6-10-14(13)16-15(18)12-7-3-2-4-8-12/h5-6,9-12,17H,2-4,7-8H2,1H3,(H,16,18). The first-order valence-corrected chi connectivity index (χ1v) is 6.76. The largest absolute Gasteiger partial charge is 0.389 e. The number of benzene rings is 1. The molecule has 0 heterocycles. The molecular formula is C15H21NO2. The van der Waals surface area contributed by atoms with Crippen LogP contribution in [0.3, 0.4) is 0 Å². The summed E-state index contributed by atoms with van der Waals surface area (Å²) in [5.41, 5.74) is 1.52. The number of hydrogen-bond donors (Lipinski definition) is 2. The average molecular weight is 247 g/mol. The van der Waals surface area contributed by atoms with Crippen molar-refractivity contribution in [1.82, 2.24) is 0 Å². The highest BCUT2D eigenvalue weighted by Crippen LogP contribution is 2.27. The molecular weight excluding hydrogens is 226 g/mol. The molecule has 1 aromatic carbocycles. The second-order valence-electron chi connectivity index (χ2n) is 5.09. The number of carbonyl (C=O) groups excluding carboxylic acids is 1. The molecule has 1 unspecified atom stereocenters. The van der Waals surface area contributed by atoms with Crippen LogP contribution in [0.15, 0.2) is 24.3 Å². The van der Waals surface area contributed by atoms with Gasteiger partial charge in [-0.25, -0.2) is 0 Å². The third-order valence-corrected chi connectivity index (χ3v) is 3.64. The molecule has 3 heteroatoms. The molecule has 0 saturated heterocycles. The molecule has 18 heavy (non-hydrogen) atoms. The van der Waals surface area contributed by atoms with Crippen molar-refractivity contribution in [3.8, 4) is 0 Å². The molecule has 3 nitrogen and oxygen atoms in total. The predicted molar refractivity (Wildman–Crippen MR) is 72.3 cm³/mol. The second-order valence-corrected chi connectivity index (χ2v) is 5.09. The minimum atomic E-state index is -0.562. The Morgan fingerprint density at radius 3 is 2.61 bits per heavy atom. The minimum absolute atomic E-state index is 0.0998. The zero-order valence-electron chi connectivity index (χ0n) is 10.9. The molecule has 0 spiro atoms. The Hall–Kier alpha value is -1.35. The van der Waals surface area contributed by atoms with Crippen molar-refractivity contribution in [1.29, 1.82) is 0 Å². The number of aliphatic hydroxyl groups is 1. The van der Waals surface area contributed by atoms with Gasteiger partial charge in [-0.15, -0.1) is 0 Å².